The minimum Gasteiger partial charge on any atom is -0.0839 e. The topological polar surface area (TPSA) is 0 Å². The predicted octanol–water partition coefficient (Wildman–Crippen LogP) is 14.4. The van der Waals surface area contributed by atoms with Gasteiger partial charge in [-0.3, -0.25) is 0 Å². The maximum Gasteiger partial charge on any atom is 0.0133 e. The third-order valence-corrected chi connectivity index (χ3v) is 16.7. The summed E-state index contributed by atoms with van der Waals surface area (Å²) in [6.07, 6.45) is 43.4. The maximum atomic E-state index is 2.77. The van der Waals surface area contributed by atoms with Gasteiger partial charge >= 0.3 is 0 Å². The summed E-state index contributed by atoms with van der Waals surface area (Å²) in [5, 5.41) is 9.10. The van der Waals surface area contributed by atoms with Gasteiger partial charge < -0.3 is 0 Å². The van der Waals surface area contributed by atoms with Crippen LogP contribution in [0.15, 0.2) is 143 Å². The molecule has 0 amide bonds. The van der Waals surface area contributed by atoms with E-state index in [-0.39, 0.29) is 0 Å². The van der Waals surface area contributed by atoms with Crippen LogP contribution in [0.5, 0.6) is 0 Å². The van der Waals surface area contributed by atoms with Crippen molar-refractivity contribution in [1.29, 1.82) is 0 Å². The zero-order valence-electron chi connectivity index (χ0n) is 36.5. The van der Waals surface area contributed by atoms with Crippen molar-refractivity contribution in [2.75, 3.05) is 0 Å². The molecule has 0 nitrogen and oxygen atoms in total. The summed E-state index contributed by atoms with van der Waals surface area (Å²) in [5.41, 5.74) is 24.6. The van der Waals surface area contributed by atoms with Gasteiger partial charge in [-0.2, -0.15) is 0 Å². The van der Waals surface area contributed by atoms with Crippen molar-refractivity contribution in [1.82, 2.24) is 0 Å². The van der Waals surface area contributed by atoms with Crippen LogP contribution in [0.25, 0.3) is 56.5 Å². The van der Waals surface area contributed by atoms with Gasteiger partial charge in [0.15, 0.2) is 0 Å². The molecule has 0 aromatic heterocycles. The molecule has 4 atom stereocenters. The smallest absolute Gasteiger partial charge is 0.0133 e. The number of rotatable bonds is 4. The number of hydrogen-bond donors (Lipinski definition) is 0. The largest absolute Gasteiger partial charge is 0.0839 e. The van der Waals surface area contributed by atoms with Gasteiger partial charge in [-0.25, -0.2) is 0 Å². The van der Waals surface area contributed by atoms with Crippen LogP contribution in [-0.2, 0) is 19.3 Å². The van der Waals surface area contributed by atoms with E-state index in [9.17, 15) is 0 Å². The van der Waals surface area contributed by atoms with Crippen LogP contribution in [0.4, 0.5) is 0 Å². The van der Waals surface area contributed by atoms with Crippen LogP contribution in [-0.4, -0.2) is 0 Å². The van der Waals surface area contributed by atoms with E-state index in [2.05, 4.69) is 147 Å². The average molecular weight is 801 g/mol. The molecule has 5 aromatic carbocycles. The van der Waals surface area contributed by atoms with Crippen LogP contribution in [0.3, 0.4) is 0 Å². The monoisotopic (exact) mass is 800 g/mol. The van der Waals surface area contributed by atoms with Gasteiger partial charge in [0.1, 0.15) is 0 Å². The van der Waals surface area contributed by atoms with Gasteiger partial charge in [0.2, 0.25) is 0 Å². The standard InChI is InChI=1S/C62H56/c1-37-53(51-29-13-21-41-17-5-9-25-47(41)51)35-59-58-34-44(50-28-12-20-40-16-4-8-24-46(40)50)32-56-38(2)54(52-30-14-22-42-18-6-10-26-48(42)52)36-60(62(56)58)57-33-43(31-55(37)61(57)59)49-27-11-19-39-15-3-7-23-45(39)49/h3-5,9-10,12-17,20-22,25-28,31-32,34-35,43,51-52,54H,6-8,11,18-19,23-24,29-30,33,36H2,1-2H3. The molecule has 4 unspecified atom stereocenters. The molecule has 0 bridgehead atoms. The van der Waals surface area contributed by atoms with Crippen molar-refractivity contribution < 1.29 is 0 Å². The summed E-state index contributed by atoms with van der Waals surface area (Å²) in [6, 6.07) is 24.2. The van der Waals surface area contributed by atoms with Gasteiger partial charge in [0.05, 0.1) is 0 Å². The highest BCUT2D eigenvalue weighted by Crippen LogP contribution is 2.49. The first-order valence-electron chi connectivity index (χ1n) is 24.1. The highest BCUT2D eigenvalue weighted by atomic mass is 14.4. The quantitative estimate of drug-likeness (QED) is 0.159. The van der Waals surface area contributed by atoms with Crippen LogP contribution in [0, 0.1) is 24.7 Å². The summed E-state index contributed by atoms with van der Waals surface area (Å²) in [7, 11) is 0. The molecular weight excluding hydrogens is 745 g/mol. The van der Waals surface area contributed by atoms with Gasteiger partial charge in [-0.1, -0.05) is 121 Å². The fourth-order valence-corrected chi connectivity index (χ4v) is 13.8. The van der Waals surface area contributed by atoms with E-state index >= 15 is 0 Å². The van der Waals surface area contributed by atoms with Crippen LogP contribution >= 0.6 is 0 Å². The summed E-state index contributed by atoms with van der Waals surface area (Å²) < 4.78 is 0. The molecule has 0 fully saturated rings. The lowest BCUT2D eigenvalue weighted by atomic mass is 9.66. The van der Waals surface area contributed by atoms with E-state index in [4.69, 9.17) is 0 Å². The molecule has 0 saturated heterocycles. The minimum absolute atomic E-state index is 0.335. The summed E-state index contributed by atoms with van der Waals surface area (Å²) in [6.45, 7) is 5.01. The van der Waals surface area contributed by atoms with Gasteiger partial charge in [-0.05, 0) is 236 Å². The molecule has 0 aliphatic heterocycles. The van der Waals surface area contributed by atoms with Crippen molar-refractivity contribution in [3.8, 4) is 11.1 Å². The Balaban J connectivity index is 1.14. The number of fused-ring (bicyclic) bond motifs is 4. The second-order valence-electron chi connectivity index (χ2n) is 19.7. The zero-order chi connectivity index (χ0) is 41.1. The van der Waals surface area contributed by atoms with E-state index in [0.717, 1.165) is 57.8 Å². The Morgan fingerprint density at radius 2 is 1.34 bits per heavy atom. The Morgan fingerprint density at radius 3 is 2.31 bits per heavy atom. The third kappa shape index (κ3) is 5.57. The Hall–Kier alpha value is -5.72. The molecule has 0 heteroatoms. The zero-order valence-corrected chi connectivity index (χ0v) is 36.5. The lowest BCUT2D eigenvalue weighted by Crippen LogP contribution is -2.32. The van der Waals surface area contributed by atoms with Crippen molar-refractivity contribution in [3.05, 3.63) is 198 Å². The SMILES string of the molecule is CC1=c2cc(-c3cccc4c3CCC=C4)cc3c2c(c2c4c(c(C)c(C5CC=Cc6ccccc65)cc43)=CC(C3=CCCC4=C3CCC=C4)C2)CC1C1CC=CC2=C1C=CCC2. The normalized spacial score (nSPS) is 24.2. The first kappa shape index (κ1) is 36.9. The van der Waals surface area contributed by atoms with Crippen LogP contribution in [0.1, 0.15) is 115 Å². The van der Waals surface area contributed by atoms with Crippen molar-refractivity contribution >= 4 is 45.3 Å². The third-order valence-electron chi connectivity index (χ3n) is 16.7. The first-order chi connectivity index (χ1) is 30.6. The first-order valence-corrected chi connectivity index (χ1v) is 24.1. The molecule has 0 spiro atoms. The second-order valence-corrected chi connectivity index (χ2v) is 19.7. The Morgan fingerprint density at radius 1 is 0.565 bits per heavy atom. The highest BCUT2D eigenvalue weighted by molar-refractivity contribution is 6.14. The Labute approximate surface area is 367 Å². The van der Waals surface area contributed by atoms with Crippen molar-refractivity contribution in [3.63, 3.8) is 0 Å². The number of benzene rings is 5. The van der Waals surface area contributed by atoms with Crippen LogP contribution in [0.2, 0.25) is 0 Å². The molecule has 0 radical (unpaired) electrons. The summed E-state index contributed by atoms with van der Waals surface area (Å²) >= 11 is 0. The molecule has 62 heavy (non-hydrogen) atoms. The predicted molar refractivity (Wildman–Crippen MR) is 263 cm³/mol. The van der Waals surface area contributed by atoms with E-state index in [1.807, 2.05) is 0 Å². The molecule has 0 saturated carbocycles. The number of allylic oxidation sites excluding steroid dienone is 14. The fraction of sp³-hybridized carbons (Fsp3) is 0.290. The summed E-state index contributed by atoms with van der Waals surface area (Å²) in [5.74, 6) is 1.69. The maximum absolute atomic E-state index is 2.77. The molecular formula is C62H56. The lowest BCUT2D eigenvalue weighted by Gasteiger charge is -2.38. The van der Waals surface area contributed by atoms with Crippen LogP contribution < -0.4 is 10.4 Å². The highest BCUT2D eigenvalue weighted by Gasteiger charge is 2.36. The van der Waals surface area contributed by atoms with Crippen molar-refractivity contribution in [2.24, 2.45) is 17.8 Å². The van der Waals surface area contributed by atoms with E-state index < -0.39 is 0 Å². The second kappa shape index (κ2) is 14.4. The molecule has 8 aliphatic carbocycles. The van der Waals surface area contributed by atoms with Gasteiger partial charge in [-0.15, -0.1) is 0 Å². The molecule has 5 aromatic rings. The Kier molecular flexibility index (Phi) is 8.58. The van der Waals surface area contributed by atoms with Gasteiger partial charge in [0.25, 0.3) is 0 Å². The van der Waals surface area contributed by atoms with E-state index in [0.29, 0.717) is 23.7 Å². The molecule has 8 aliphatic rings. The van der Waals surface area contributed by atoms with E-state index in [1.165, 1.54) is 85.0 Å². The molecule has 304 valence electrons. The average Bonchev–Trinajstić information content (AvgIpc) is 3.33. The Bertz CT molecular complexity index is 3210. The van der Waals surface area contributed by atoms with Crippen molar-refractivity contribution in [2.45, 2.75) is 96.8 Å². The molecule has 0 heterocycles. The molecule has 13 rings (SSSR count). The van der Waals surface area contributed by atoms with Gasteiger partial charge in [0, 0.05) is 11.8 Å². The minimum atomic E-state index is 0.335. The summed E-state index contributed by atoms with van der Waals surface area (Å²) in [4.78, 5) is 0. The van der Waals surface area contributed by atoms with E-state index in [1.54, 1.807) is 55.3 Å². The fourth-order valence-electron chi connectivity index (χ4n) is 13.8. The lowest BCUT2D eigenvalue weighted by molar-refractivity contribution is 0.457. The molecule has 0 N–H and O–H groups in total. The number of hydrogen-bond acceptors (Lipinski definition) is 0.